The topological polar surface area (TPSA) is 92.6 Å². The van der Waals surface area contributed by atoms with Crippen LogP contribution in [0.4, 0.5) is 5.69 Å². The van der Waals surface area contributed by atoms with Crippen LogP contribution in [0.5, 0.6) is 0 Å². The van der Waals surface area contributed by atoms with Gasteiger partial charge in [0.2, 0.25) is 5.89 Å². The van der Waals surface area contributed by atoms with Gasteiger partial charge in [-0.2, -0.15) is 0 Å². The van der Waals surface area contributed by atoms with Crippen LogP contribution < -0.4 is 0 Å². The molecule has 1 aromatic heterocycles. The third-order valence-electron chi connectivity index (χ3n) is 3.67. The zero-order valence-electron chi connectivity index (χ0n) is 10.9. The lowest BCUT2D eigenvalue weighted by molar-refractivity contribution is -0.384. The number of benzene rings is 1. The van der Waals surface area contributed by atoms with Crippen LogP contribution in [-0.4, -0.2) is 39.1 Å². The number of likely N-dealkylation sites (tertiary alicyclic amines) is 1. The van der Waals surface area contributed by atoms with E-state index in [4.69, 9.17) is 4.42 Å². The van der Waals surface area contributed by atoms with E-state index >= 15 is 0 Å². The van der Waals surface area contributed by atoms with Crippen molar-refractivity contribution >= 4 is 16.8 Å². The second kappa shape index (κ2) is 5.18. The molecule has 1 aromatic carbocycles. The molecule has 7 heteroatoms. The summed E-state index contributed by atoms with van der Waals surface area (Å²) in [6.45, 7) is 1.56. The molecule has 3 rings (SSSR count). The van der Waals surface area contributed by atoms with E-state index in [1.165, 1.54) is 12.1 Å². The van der Waals surface area contributed by atoms with Crippen LogP contribution in [0.1, 0.15) is 18.7 Å². The van der Waals surface area contributed by atoms with Crippen molar-refractivity contribution in [1.29, 1.82) is 0 Å². The van der Waals surface area contributed by atoms with Crippen LogP contribution in [0.15, 0.2) is 22.6 Å². The number of non-ortho nitro benzene ring substituents is 1. The standard InChI is InChI=1S/C13H15N3O4/c17-8-10-2-1-5-15(10)7-13-14-11-6-9(16(18)19)3-4-12(11)20-13/h3-4,6,10,17H,1-2,5,7-8H2. The van der Waals surface area contributed by atoms with Gasteiger partial charge in [0.25, 0.3) is 5.69 Å². The normalized spacial score (nSPS) is 19.8. The van der Waals surface area contributed by atoms with Gasteiger partial charge < -0.3 is 9.52 Å². The molecule has 0 radical (unpaired) electrons. The fourth-order valence-corrected chi connectivity index (χ4v) is 2.63. The van der Waals surface area contributed by atoms with Gasteiger partial charge in [-0.25, -0.2) is 4.98 Å². The Bertz CT molecular complexity index is 640. The van der Waals surface area contributed by atoms with Crippen molar-refractivity contribution in [1.82, 2.24) is 9.88 Å². The molecule has 0 saturated carbocycles. The number of nitrogens with zero attached hydrogens (tertiary/aromatic N) is 3. The van der Waals surface area contributed by atoms with Gasteiger partial charge >= 0.3 is 0 Å². The minimum Gasteiger partial charge on any atom is -0.439 e. The lowest BCUT2D eigenvalue weighted by Gasteiger charge is -2.20. The molecule has 1 aliphatic heterocycles. The van der Waals surface area contributed by atoms with E-state index < -0.39 is 4.92 Å². The first-order chi connectivity index (χ1) is 9.67. The van der Waals surface area contributed by atoms with E-state index in [1.807, 2.05) is 0 Å². The number of fused-ring (bicyclic) bond motifs is 1. The highest BCUT2D eigenvalue weighted by molar-refractivity contribution is 5.75. The molecule has 1 saturated heterocycles. The molecule has 0 bridgehead atoms. The minimum absolute atomic E-state index is 0.00626. The summed E-state index contributed by atoms with van der Waals surface area (Å²) in [6, 6.07) is 4.54. The molecule has 0 amide bonds. The molecule has 7 nitrogen and oxygen atoms in total. The Kier molecular flexibility index (Phi) is 3.37. The lowest BCUT2D eigenvalue weighted by Crippen LogP contribution is -2.31. The van der Waals surface area contributed by atoms with Gasteiger partial charge in [0.1, 0.15) is 5.52 Å². The van der Waals surface area contributed by atoms with Crippen molar-refractivity contribution in [2.24, 2.45) is 0 Å². The van der Waals surface area contributed by atoms with E-state index in [9.17, 15) is 15.2 Å². The largest absolute Gasteiger partial charge is 0.439 e. The summed E-state index contributed by atoms with van der Waals surface area (Å²) in [5.74, 6) is 0.529. The highest BCUT2D eigenvalue weighted by atomic mass is 16.6. The Labute approximate surface area is 115 Å². The summed E-state index contributed by atoms with van der Waals surface area (Å²) in [6.07, 6.45) is 2.03. The van der Waals surface area contributed by atoms with Crippen molar-refractivity contribution in [2.45, 2.75) is 25.4 Å². The number of hydrogen-bond donors (Lipinski definition) is 1. The Morgan fingerprint density at radius 3 is 3.15 bits per heavy atom. The van der Waals surface area contributed by atoms with Gasteiger partial charge in [-0.3, -0.25) is 15.0 Å². The van der Waals surface area contributed by atoms with Gasteiger partial charge in [-0.15, -0.1) is 0 Å². The van der Waals surface area contributed by atoms with Gasteiger partial charge in [0.15, 0.2) is 5.58 Å². The second-order valence-electron chi connectivity index (χ2n) is 4.97. The number of nitro benzene ring substituents is 1. The fourth-order valence-electron chi connectivity index (χ4n) is 2.63. The van der Waals surface area contributed by atoms with E-state index in [0.717, 1.165) is 19.4 Å². The Morgan fingerprint density at radius 1 is 1.55 bits per heavy atom. The maximum atomic E-state index is 10.7. The van der Waals surface area contributed by atoms with Crippen molar-refractivity contribution in [3.63, 3.8) is 0 Å². The zero-order valence-corrected chi connectivity index (χ0v) is 10.9. The van der Waals surface area contributed by atoms with Crippen LogP contribution in [0.25, 0.3) is 11.1 Å². The number of aromatic nitrogens is 1. The fraction of sp³-hybridized carbons (Fsp3) is 0.462. The predicted molar refractivity (Wildman–Crippen MR) is 71.2 cm³/mol. The van der Waals surface area contributed by atoms with Gasteiger partial charge in [-0.05, 0) is 25.5 Å². The molecule has 20 heavy (non-hydrogen) atoms. The van der Waals surface area contributed by atoms with E-state index in [0.29, 0.717) is 23.5 Å². The van der Waals surface area contributed by atoms with Crippen LogP contribution in [0.3, 0.4) is 0 Å². The monoisotopic (exact) mass is 277 g/mol. The first-order valence-corrected chi connectivity index (χ1v) is 6.56. The highest BCUT2D eigenvalue weighted by Gasteiger charge is 2.25. The first kappa shape index (κ1) is 13.0. The molecular formula is C13H15N3O4. The smallest absolute Gasteiger partial charge is 0.271 e. The molecular weight excluding hydrogens is 262 g/mol. The van der Waals surface area contributed by atoms with Crippen LogP contribution in [0.2, 0.25) is 0 Å². The first-order valence-electron chi connectivity index (χ1n) is 6.56. The predicted octanol–water partition coefficient (Wildman–Crippen LogP) is 1.69. The number of nitro groups is 1. The quantitative estimate of drug-likeness (QED) is 0.675. The summed E-state index contributed by atoms with van der Waals surface area (Å²) in [7, 11) is 0. The molecule has 1 fully saturated rings. The molecule has 1 N–H and O–H groups in total. The summed E-state index contributed by atoms with van der Waals surface area (Å²) in [5.41, 5.74) is 1.05. The molecule has 1 aliphatic rings. The average molecular weight is 277 g/mol. The van der Waals surface area contributed by atoms with Crippen molar-refractivity contribution in [2.75, 3.05) is 13.2 Å². The number of oxazole rings is 1. The Morgan fingerprint density at radius 2 is 2.40 bits per heavy atom. The third-order valence-corrected chi connectivity index (χ3v) is 3.67. The number of aliphatic hydroxyl groups is 1. The van der Waals surface area contributed by atoms with E-state index in [1.54, 1.807) is 6.07 Å². The lowest BCUT2D eigenvalue weighted by atomic mass is 10.2. The van der Waals surface area contributed by atoms with Gasteiger partial charge in [-0.1, -0.05) is 0 Å². The molecule has 1 unspecified atom stereocenters. The van der Waals surface area contributed by atoms with Crippen molar-refractivity contribution in [3.8, 4) is 0 Å². The van der Waals surface area contributed by atoms with E-state index in [2.05, 4.69) is 9.88 Å². The number of aliphatic hydroxyl groups excluding tert-OH is 1. The number of hydrogen-bond acceptors (Lipinski definition) is 6. The van der Waals surface area contributed by atoms with Crippen LogP contribution in [-0.2, 0) is 6.54 Å². The second-order valence-corrected chi connectivity index (χ2v) is 4.97. The molecule has 2 aromatic rings. The third kappa shape index (κ3) is 2.37. The van der Waals surface area contributed by atoms with E-state index in [-0.39, 0.29) is 18.3 Å². The summed E-state index contributed by atoms with van der Waals surface area (Å²) in [4.78, 5) is 16.7. The SMILES string of the molecule is O=[N+]([O-])c1ccc2oc(CN3CCCC3CO)nc2c1. The van der Waals surface area contributed by atoms with Gasteiger partial charge in [0, 0.05) is 18.2 Å². The van der Waals surface area contributed by atoms with Gasteiger partial charge in [0.05, 0.1) is 18.1 Å². The molecule has 0 aliphatic carbocycles. The molecule has 0 spiro atoms. The van der Waals surface area contributed by atoms with Crippen LogP contribution >= 0.6 is 0 Å². The molecule has 2 heterocycles. The van der Waals surface area contributed by atoms with Crippen LogP contribution in [0, 0.1) is 10.1 Å². The molecule has 106 valence electrons. The summed E-state index contributed by atoms with van der Waals surface area (Å²) in [5, 5.41) is 20.0. The number of rotatable bonds is 4. The van der Waals surface area contributed by atoms with Crippen molar-refractivity contribution < 1.29 is 14.4 Å². The zero-order chi connectivity index (χ0) is 14.1. The molecule has 1 atom stereocenters. The summed E-state index contributed by atoms with van der Waals surface area (Å²) >= 11 is 0. The average Bonchev–Trinajstić information content (AvgIpc) is 3.03. The maximum Gasteiger partial charge on any atom is 0.271 e. The van der Waals surface area contributed by atoms with Crippen molar-refractivity contribution in [3.05, 3.63) is 34.2 Å². The highest BCUT2D eigenvalue weighted by Crippen LogP contribution is 2.24. The Balaban J connectivity index is 1.84. The minimum atomic E-state index is -0.448. The Hall–Kier alpha value is -1.99. The maximum absolute atomic E-state index is 10.7. The summed E-state index contributed by atoms with van der Waals surface area (Å²) < 4.78 is 5.60.